The van der Waals surface area contributed by atoms with Gasteiger partial charge in [0.2, 0.25) is 0 Å². The third-order valence-corrected chi connectivity index (χ3v) is 11.1. The monoisotopic (exact) mass is 752 g/mol. The van der Waals surface area contributed by atoms with Crippen LogP contribution in [0.25, 0.3) is 0 Å². The van der Waals surface area contributed by atoms with Gasteiger partial charge in [0.05, 0.1) is 18.6 Å². The summed E-state index contributed by atoms with van der Waals surface area (Å²) in [5, 5.41) is 9.60. The Bertz CT molecular complexity index is 771. The zero-order valence-electron chi connectivity index (χ0n) is 36.5. The van der Waals surface area contributed by atoms with Crippen molar-refractivity contribution in [3.05, 3.63) is 0 Å². The number of unbranched alkanes of at least 4 members (excludes halogenated alkanes) is 24. The SMILES string of the molecule is CCCCCCCCCCOC(=O)CCCCCCCN(CCO)CCCCCCC(C)(C)C(=O)OC(CCCCCCCC)CCCCCCCC. The van der Waals surface area contributed by atoms with Crippen LogP contribution in [0.2, 0.25) is 0 Å². The van der Waals surface area contributed by atoms with Gasteiger partial charge in [0.25, 0.3) is 0 Å². The smallest absolute Gasteiger partial charge is 0.311 e. The predicted octanol–water partition coefficient (Wildman–Crippen LogP) is 13.7. The van der Waals surface area contributed by atoms with E-state index in [1.165, 1.54) is 128 Å². The number of esters is 2. The number of aliphatic hydroxyl groups excluding tert-OH is 1. The maximum atomic E-state index is 13.3. The summed E-state index contributed by atoms with van der Waals surface area (Å²) in [5.41, 5.74) is -0.434. The van der Waals surface area contributed by atoms with Crippen LogP contribution in [0.15, 0.2) is 0 Å². The van der Waals surface area contributed by atoms with Gasteiger partial charge in [0.1, 0.15) is 6.10 Å². The second-order valence-electron chi connectivity index (χ2n) is 17.0. The highest BCUT2D eigenvalue weighted by molar-refractivity contribution is 5.76. The van der Waals surface area contributed by atoms with Crippen LogP contribution in [0.4, 0.5) is 0 Å². The molecule has 0 aromatic rings. The number of rotatable bonds is 42. The molecule has 0 aromatic heterocycles. The van der Waals surface area contributed by atoms with Gasteiger partial charge in [0.15, 0.2) is 0 Å². The minimum Gasteiger partial charge on any atom is -0.466 e. The van der Waals surface area contributed by atoms with Crippen LogP contribution in [0.5, 0.6) is 0 Å². The van der Waals surface area contributed by atoms with Crippen molar-refractivity contribution >= 4 is 11.9 Å². The molecule has 0 aliphatic heterocycles. The van der Waals surface area contributed by atoms with E-state index in [-0.39, 0.29) is 24.6 Å². The lowest BCUT2D eigenvalue weighted by Gasteiger charge is -2.27. The molecule has 0 radical (unpaired) electrons. The van der Waals surface area contributed by atoms with Crippen molar-refractivity contribution < 1.29 is 24.2 Å². The predicted molar refractivity (Wildman–Crippen MR) is 228 cm³/mol. The van der Waals surface area contributed by atoms with Crippen molar-refractivity contribution in [3.63, 3.8) is 0 Å². The zero-order chi connectivity index (χ0) is 39.1. The number of carbonyl (C=O) groups is 2. The van der Waals surface area contributed by atoms with E-state index in [0.29, 0.717) is 13.0 Å². The van der Waals surface area contributed by atoms with E-state index in [9.17, 15) is 14.7 Å². The van der Waals surface area contributed by atoms with Gasteiger partial charge >= 0.3 is 11.9 Å². The lowest BCUT2D eigenvalue weighted by Crippen LogP contribution is -2.31. The van der Waals surface area contributed by atoms with E-state index in [1.54, 1.807) is 0 Å². The molecule has 6 nitrogen and oxygen atoms in total. The molecule has 0 amide bonds. The lowest BCUT2D eigenvalue weighted by atomic mass is 9.86. The summed E-state index contributed by atoms with van der Waals surface area (Å²) in [6.45, 7) is 14.5. The zero-order valence-corrected chi connectivity index (χ0v) is 36.5. The van der Waals surface area contributed by atoms with Gasteiger partial charge in [-0.2, -0.15) is 0 Å². The van der Waals surface area contributed by atoms with Crippen LogP contribution >= 0.6 is 0 Å². The van der Waals surface area contributed by atoms with E-state index in [2.05, 4.69) is 39.5 Å². The molecular formula is C47H93NO5. The Morgan fingerprint density at radius 2 is 0.943 bits per heavy atom. The lowest BCUT2D eigenvalue weighted by molar-refractivity contribution is -0.161. The Labute approximate surface area is 331 Å². The molecule has 0 atom stereocenters. The summed E-state index contributed by atoms with van der Waals surface area (Å²) < 4.78 is 11.7. The van der Waals surface area contributed by atoms with E-state index in [1.807, 2.05) is 0 Å². The number of hydrogen-bond donors (Lipinski definition) is 1. The number of hydrogen-bond acceptors (Lipinski definition) is 6. The van der Waals surface area contributed by atoms with Crippen molar-refractivity contribution in [1.29, 1.82) is 0 Å². The van der Waals surface area contributed by atoms with Gasteiger partial charge in [-0.3, -0.25) is 9.59 Å². The maximum absolute atomic E-state index is 13.3. The maximum Gasteiger partial charge on any atom is 0.311 e. The van der Waals surface area contributed by atoms with Crippen LogP contribution in [0.3, 0.4) is 0 Å². The van der Waals surface area contributed by atoms with E-state index < -0.39 is 5.41 Å². The summed E-state index contributed by atoms with van der Waals surface area (Å²) in [4.78, 5) is 27.8. The first-order valence-electron chi connectivity index (χ1n) is 23.5. The molecule has 53 heavy (non-hydrogen) atoms. The van der Waals surface area contributed by atoms with Crippen LogP contribution in [-0.2, 0) is 19.1 Å². The van der Waals surface area contributed by atoms with Crippen LogP contribution in [0.1, 0.15) is 247 Å². The van der Waals surface area contributed by atoms with Gasteiger partial charge in [-0.1, -0.05) is 168 Å². The average molecular weight is 752 g/mol. The van der Waals surface area contributed by atoms with Gasteiger partial charge < -0.3 is 19.5 Å². The summed E-state index contributed by atoms with van der Waals surface area (Å²) in [7, 11) is 0. The Kier molecular flexibility index (Phi) is 38.3. The number of aliphatic hydroxyl groups is 1. The first-order chi connectivity index (χ1) is 25.8. The van der Waals surface area contributed by atoms with E-state index in [0.717, 1.165) is 96.7 Å². The molecule has 0 bridgehead atoms. The topological polar surface area (TPSA) is 76.1 Å². The molecule has 0 aromatic carbocycles. The minimum absolute atomic E-state index is 0.00241. The normalized spacial score (nSPS) is 11.9. The molecule has 0 saturated carbocycles. The van der Waals surface area contributed by atoms with E-state index >= 15 is 0 Å². The molecule has 0 spiro atoms. The molecule has 6 heteroatoms. The standard InChI is InChI=1S/C47H93NO5/c1-6-9-12-15-18-19-27-34-43-52-45(50)37-30-23-20-25-32-39-48(41-42-49)40-33-26-24-31-38-47(4,5)46(51)53-44(35-28-21-16-13-10-7-2)36-29-22-17-14-11-8-3/h44,49H,6-43H2,1-5H3. The third-order valence-electron chi connectivity index (χ3n) is 11.1. The van der Waals surface area contributed by atoms with Crippen molar-refractivity contribution in [3.8, 4) is 0 Å². The Balaban J connectivity index is 4.15. The summed E-state index contributed by atoms with van der Waals surface area (Å²) in [5.74, 6) is -0.0283. The second-order valence-corrected chi connectivity index (χ2v) is 17.0. The molecule has 0 rings (SSSR count). The van der Waals surface area contributed by atoms with Crippen LogP contribution in [-0.4, -0.2) is 60.9 Å². The minimum atomic E-state index is -0.434. The fourth-order valence-electron chi connectivity index (χ4n) is 7.34. The van der Waals surface area contributed by atoms with Crippen molar-refractivity contribution in [2.45, 2.75) is 253 Å². The Morgan fingerprint density at radius 3 is 1.43 bits per heavy atom. The molecule has 0 fully saturated rings. The number of carbonyl (C=O) groups excluding carboxylic acids is 2. The second kappa shape index (κ2) is 39.1. The molecule has 0 unspecified atom stereocenters. The molecule has 0 saturated heterocycles. The molecule has 0 aliphatic rings. The van der Waals surface area contributed by atoms with Crippen LogP contribution < -0.4 is 0 Å². The fourth-order valence-corrected chi connectivity index (χ4v) is 7.34. The summed E-state index contributed by atoms with van der Waals surface area (Å²) >= 11 is 0. The highest BCUT2D eigenvalue weighted by Gasteiger charge is 2.30. The molecule has 1 N–H and O–H groups in total. The Hall–Kier alpha value is -1.14. The molecule has 0 aliphatic carbocycles. The van der Waals surface area contributed by atoms with E-state index in [4.69, 9.17) is 9.47 Å². The highest BCUT2D eigenvalue weighted by Crippen LogP contribution is 2.28. The van der Waals surface area contributed by atoms with Gasteiger partial charge in [-0.15, -0.1) is 0 Å². The highest BCUT2D eigenvalue weighted by atomic mass is 16.5. The van der Waals surface area contributed by atoms with Gasteiger partial charge in [0, 0.05) is 13.0 Å². The van der Waals surface area contributed by atoms with Crippen molar-refractivity contribution in [2.75, 3.05) is 32.8 Å². The largest absolute Gasteiger partial charge is 0.466 e. The third kappa shape index (κ3) is 35.0. The molecular weight excluding hydrogens is 659 g/mol. The number of ether oxygens (including phenoxy) is 2. The number of nitrogens with zero attached hydrogens (tertiary/aromatic N) is 1. The summed E-state index contributed by atoms with van der Waals surface area (Å²) in [6.07, 6.45) is 38.8. The van der Waals surface area contributed by atoms with Gasteiger partial charge in [-0.25, -0.2) is 0 Å². The average Bonchev–Trinajstić information content (AvgIpc) is 3.14. The first kappa shape index (κ1) is 51.9. The Morgan fingerprint density at radius 1 is 0.528 bits per heavy atom. The first-order valence-corrected chi connectivity index (χ1v) is 23.5. The summed E-state index contributed by atoms with van der Waals surface area (Å²) in [6, 6.07) is 0. The molecule has 316 valence electrons. The van der Waals surface area contributed by atoms with Crippen molar-refractivity contribution in [2.24, 2.45) is 5.41 Å². The van der Waals surface area contributed by atoms with Crippen LogP contribution in [0, 0.1) is 5.41 Å². The van der Waals surface area contributed by atoms with Gasteiger partial charge in [-0.05, 0) is 84.7 Å². The quantitative estimate of drug-likeness (QED) is 0.0494. The van der Waals surface area contributed by atoms with Crippen molar-refractivity contribution in [1.82, 2.24) is 4.90 Å². The fraction of sp³-hybridized carbons (Fsp3) is 0.957. The molecule has 0 heterocycles.